The van der Waals surface area contributed by atoms with Crippen molar-refractivity contribution in [3.63, 3.8) is 0 Å². The van der Waals surface area contributed by atoms with Crippen molar-refractivity contribution in [1.82, 2.24) is 4.90 Å². The molecule has 0 radical (unpaired) electrons. The third-order valence-electron chi connectivity index (χ3n) is 6.74. The summed E-state index contributed by atoms with van der Waals surface area (Å²) in [6.45, 7) is 9.88. The number of carbonyl (C=O) groups excluding carboxylic acids is 1. The number of fused-ring (bicyclic) bond motifs is 1. The number of aryl methyl sites for hydroxylation is 1. The van der Waals surface area contributed by atoms with Crippen molar-refractivity contribution < 1.29 is 14.6 Å². The van der Waals surface area contributed by atoms with Crippen molar-refractivity contribution in [2.75, 3.05) is 25.5 Å². The molecule has 2 N–H and O–H groups in total. The molecule has 1 unspecified atom stereocenters. The van der Waals surface area contributed by atoms with Gasteiger partial charge in [-0.25, -0.2) is 0 Å². The molecule has 2 aliphatic rings. The summed E-state index contributed by atoms with van der Waals surface area (Å²) < 4.78 is 5.23. The van der Waals surface area contributed by atoms with Crippen LogP contribution in [0.2, 0.25) is 0 Å². The molecule has 5 heteroatoms. The Morgan fingerprint density at radius 2 is 1.87 bits per heavy atom. The molecule has 2 aliphatic heterocycles. The van der Waals surface area contributed by atoms with E-state index in [-0.39, 0.29) is 17.6 Å². The topological polar surface area (TPSA) is 61.8 Å². The van der Waals surface area contributed by atoms with Crippen LogP contribution in [0.1, 0.15) is 59.9 Å². The molecule has 2 aromatic carbocycles. The molecule has 0 spiro atoms. The second-order valence-corrected chi connectivity index (χ2v) is 9.01. The van der Waals surface area contributed by atoms with E-state index < -0.39 is 0 Å². The fraction of sp³-hybridized carbons (Fsp3) is 0.480. The van der Waals surface area contributed by atoms with E-state index in [4.69, 9.17) is 4.74 Å². The molecular formula is C25H32N2O3. The third kappa shape index (κ3) is 4.04. The number of methoxy groups -OCH3 is 1. The average Bonchev–Trinajstić information content (AvgIpc) is 2.71. The molecular weight excluding hydrogens is 376 g/mol. The van der Waals surface area contributed by atoms with Gasteiger partial charge in [-0.2, -0.15) is 0 Å². The second kappa shape index (κ2) is 8.31. The fourth-order valence-corrected chi connectivity index (χ4v) is 4.87. The number of aromatic hydroxyl groups is 1. The van der Waals surface area contributed by atoms with E-state index in [0.717, 1.165) is 36.8 Å². The number of rotatable bonds is 4. The lowest BCUT2D eigenvalue weighted by Crippen LogP contribution is -2.32. The second-order valence-electron chi connectivity index (χ2n) is 9.01. The summed E-state index contributed by atoms with van der Waals surface area (Å²) in [5, 5.41) is 13.3. The number of nitrogens with one attached hydrogen (secondary N) is 1. The van der Waals surface area contributed by atoms with E-state index in [9.17, 15) is 9.90 Å². The lowest BCUT2D eigenvalue weighted by atomic mass is 9.80. The van der Waals surface area contributed by atoms with Crippen LogP contribution in [0.4, 0.5) is 5.69 Å². The van der Waals surface area contributed by atoms with E-state index >= 15 is 0 Å². The zero-order valence-electron chi connectivity index (χ0n) is 18.4. The summed E-state index contributed by atoms with van der Waals surface area (Å²) in [7, 11) is 1.52. The number of phenols is 1. The number of nitrogens with zero attached hydrogens (tertiary/aromatic N) is 1. The highest BCUT2D eigenvalue weighted by atomic mass is 16.5. The largest absolute Gasteiger partial charge is 0.504 e. The zero-order chi connectivity index (χ0) is 21.4. The van der Waals surface area contributed by atoms with Gasteiger partial charge in [0.2, 0.25) is 5.91 Å². The maximum atomic E-state index is 12.5. The Labute approximate surface area is 179 Å². The number of likely N-dealkylation sites (tertiary alicyclic amines) is 1. The predicted octanol–water partition coefficient (Wildman–Crippen LogP) is 4.72. The van der Waals surface area contributed by atoms with Crippen LogP contribution in [0.3, 0.4) is 0 Å². The third-order valence-corrected chi connectivity index (χ3v) is 6.74. The van der Waals surface area contributed by atoms with E-state index in [2.05, 4.69) is 43.1 Å². The number of ether oxygens (including phenoxy) is 1. The van der Waals surface area contributed by atoms with Crippen molar-refractivity contribution in [2.45, 2.75) is 52.5 Å². The molecule has 0 saturated carbocycles. The van der Waals surface area contributed by atoms with Crippen LogP contribution in [0.25, 0.3) is 0 Å². The first-order valence-corrected chi connectivity index (χ1v) is 10.9. The standard InChI is InChI=1S/C25H32N2O3/c1-15-5-7-27(8-6-15)14-18-9-16(2)10-19(17(18)3)20-12-25(29)26-22-13-24(30-4)23(28)11-21(20)22/h9-11,13,15,20,28H,5-8,12,14H2,1-4H3,(H,26,29). The fourth-order valence-electron chi connectivity index (χ4n) is 4.87. The van der Waals surface area contributed by atoms with Crippen LogP contribution in [0.15, 0.2) is 24.3 Å². The highest BCUT2D eigenvalue weighted by Crippen LogP contribution is 2.44. The average molecular weight is 409 g/mol. The number of amides is 1. The molecule has 2 heterocycles. The first kappa shape index (κ1) is 20.7. The molecule has 2 aromatic rings. The van der Waals surface area contributed by atoms with Crippen molar-refractivity contribution in [1.29, 1.82) is 0 Å². The van der Waals surface area contributed by atoms with Crippen molar-refractivity contribution in [3.8, 4) is 11.5 Å². The summed E-state index contributed by atoms with van der Waals surface area (Å²) in [5.74, 6) is 1.21. The van der Waals surface area contributed by atoms with Crippen LogP contribution in [0, 0.1) is 19.8 Å². The Bertz CT molecular complexity index is 961. The monoisotopic (exact) mass is 408 g/mol. The van der Waals surface area contributed by atoms with Crippen LogP contribution < -0.4 is 10.1 Å². The zero-order valence-corrected chi connectivity index (χ0v) is 18.4. The maximum absolute atomic E-state index is 12.5. The molecule has 1 atom stereocenters. The van der Waals surface area contributed by atoms with Crippen molar-refractivity contribution in [2.24, 2.45) is 5.92 Å². The molecule has 0 bridgehead atoms. The minimum Gasteiger partial charge on any atom is -0.504 e. The van der Waals surface area contributed by atoms with E-state index in [1.807, 2.05) is 0 Å². The minimum absolute atomic E-state index is 0.00674. The normalized spacial score (nSPS) is 20.0. The van der Waals surface area contributed by atoms with Gasteiger partial charge in [0.1, 0.15) is 0 Å². The van der Waals surface area contributed by atoms with Crippen LogP contribution >= 0.6 is 0 Å². The number of hydrogen-bond acceptors (Lipinski definition) is 4. The van der Waals surface area contributed by atoms with E-state index in [0.29, 0.717) is 12.2 Å². The summed E-state index contributed by atoms with van der Waals surface area (Å²) in [4.78, 5) is 15.0. The first-order valence-electron chi connectivity index (χ1n) is 10.9. The molecule has 4 rings (SSSR count). The highest BCUT2D eigenvalue weighted by Gasteiger charge is 2.30. The molecule has 5 nitrogen and oxygen atoms in total. The summed E-state index contributed by atoms with van der Waals surface area (Å²) >= 11 is 0. The number of anilines is 1. The number of carbonyl (C=O) groups is 1. The van der Waals surface area contributed by atoms with Crippen LogP contribution in [-0.2, 0) is 11.3 Å². The van der Waals surface area contributed by atoms with Gasteiger partial charge in [-0.1, -0.05) is 24.6 Å². The minimum atomic E-state index is -0.0782. The van der Waals surface area contributed by atoms with Gasteiger partial charge in [0.15, 0.2) is 11.5 Å². The SMILES string of the molecule is COc1cc2c(cc1O)C(c1cc(C)cc(CN3CCC(C)CC3)c1C)CC(=O)N2. The Morgan fingerprint density at radius 3 is 2.57 bits per heavy atom. The lowest BCUT2D eigenvalue weighted by molar-refractivity contribution is -0.116. The maximum Gasteiger partial charge on any atom is 0.225 e. The van der Waals surface area contributed by atoms with Gasteiger partial charge < -0.3 is 15.2 Å². The molecule has 1 saturated heterocycles. The van der Waals surface area contributed by atoms with Gasteiger partial charge >= 0.3 is 0 Å². The summed E-state index contributed by atoms with van der Waals surface area (Å²) in [6.07, 6.45) is 2.90. The number of phenolic OH excluding ortho intramolecular Hbond substituents is 1. The van der Waals surface area contributed by atoms with Gasteiger partial charge in [-0.05, 0) is 74.0 Å². The predicted molar refractivity (Wildman–Crippen MR) is 119 cm³/mol. The van der Waals surface area contributed by atoms with E-state index in [1.165, 1.54) is 42.2 Å². The van der Waals surface area contributed by atoms with Gasteiger partial charge in [-0.15, -0.1) is 0 Å². The molecule has 30 heavy (non-hydrogen) atoms. The Balaban J connectivity index is 1.71. The number of hydrogen-bond donors (Lipinski definition) is 2. The molecule has 1 amide bonds. The Morgan fingerprint density at radius 1 is 1.13 bits per heavy atom. The molecule has 1 fully saturated rings. The van der Waals surface area contributed by atoms with Crippen molar-refractivity contribution >= 4 is 11.6 Å². The van der Waals surface area contributed by atoms with Gasteiger partial charge in [-0.3, -0.25) is 9.69 Å². The molecule has 0 aliphatic carbocycles. The van der Waals surface area contributed by atoms with Gasteiger partial charge in [0.25, 0.3) is 0 Å². The quantitative estimate of drug-likeness (QED) is 0.719. The van der Waals surface area contributed by atoms with Gasteiger partial charge in [0, 0.05) is 30.6 Å². The first-order chi connectivity index (χ1) is 14.4. The molecule has 160 valence electrons. The number of benzene rings is 2. The lowest BCUT2D eigenvalue weighted by Gasteiger charge is -2.32. The van der Waals surface area contributed by atoms with Crippen LogP contribution in [-0.4, -0.2) is 36.1 Å². The summed E-state index contributed by atoms with van der Waals surface area (Å²) in [6, 6.07) is 7.94. The Hall–Kier alpha value is -2.53. The smallest absolute Gasteiger partial charge is 0.225 e. The summed E-state index contributed by atoms with van der Waals surface area (Å²) in [5.41, 5.74) is 6.64. The van der Waals surface area contributed by atoms with Crippen LogP contribution in [0.5, 0.6) is 11.5 Å². The van der Waals surface area contributed by atoms with Gasteiger partial charge in [0.05, 0.1) is 7.11 Å². The van der Waals surface area contributed by atoms with Crippen molar-refractivity contribution in [3.05, 3.63) is 52.1 Å². The number of piperidine rings is 1. The highest BCUT2D eigenvalue weighted by molar-refractivity contribution is 5.96. The van der Waals surface area contributed by atoms with E-state index in [1.54, 1.807) is 12.1 Å². The molecule has 0 aromatic heterocycles. The Kier molecular flexibility index (Phi) is 5.74.